The quantitative estimate of drug-likeness (QED) is 0.412. The largest absolute Gasteiger partial charge is 0.486 e. The van der Waals surface area contributed by atoms with Gasteiger partial charge in [-0.25, -0.2) is 9.78 Å². The van der Waals surface area contributed by atoms with Gasteiger partial charge >= 0.3 is 5.97 Å². The average Bonchev–Trinajstić information content (AvgIpc) is 3.46. The SMILES string of the molecule is Cc1nc(COc2ccccc2C(=O)OCc2nc(-c3cccs3)no2)cs1. The van der Waals surface area contributed by atoms with Crippen LogP contribution in [0.1, 0.15) is 27.0 Å². The predicted molar refractivity (Wildman–Crippen MR) is 104 cm³/mol. The summed E-state index contributed by atoms with van der Waals surface area (Å²) < 4.78 is 16.2. The van der Waals surface area contributed by atoms with Crippen LogP contribution in [0.25, 0.3) is 10.7 Å². The van der Waals surface area contributed by atoms with Gasteiger partial charge in [0.25, 0.3) is 5.89 Å². The molecule has 0 aliphatic heterocycles. The maximum absolute atomic E-state index is 12.5. The first-order valence-electron chi connectivity index (χ1n) is 8.35. The first kappa shape index (κ1) is 18.3. The van der Waals surface area contributed by atoms with Gasteiger partial charge < -0.3 is 14.0 Å². The molecular formula is C19H15N3O4S2. The second-order valence-electron chi connectivity index (χ2n) is 5.71. The van der Waals surface area contributed by atoms with E-state index in [-0.39, 0.29) is 19.1 Å². The zero-order chi connectivity index (χ0) is 19.3. The molecule has 0 atom stereocenters. The highest BCUT2D eigenvalue weighted by Crippen LogP contribution is 2.23. The summed E-state index contributed by atoms with van der Waals surface area (Å²) in [5.41, 5.74) is 1.14. The summed E-state index contributed by atoms with van der Waals surface area (Å²) in [7, 11) is 0. The van der Waals surface area contributed by atoms with Crippen LogP contribution in [0.2, 0.25) is 0 Å². The van der Waals surface area contributed by atoms with Gasteiger partial charge in [-0.2, -0.15) is 4.98 Å². The smallest absolute Gasteiger partial charge is 0.342 e. The number of aromatic nitrogens is 3. The van der Waals surface area contributed by atoms with Crippen LogP contribution in [0.15, 0.2) is 51.7 Å². The molecule has 4 rings (SSSR count). The van der Waals surface area contributed by atoms with Crippen molar-refractivity contribution in [3.63, 3.8) is 0 Å². The van der Waals surface area contributed by atoms with Gasteiger partial charge in [-0.1, -0.05) is 23.4 Å². The second kappa shape index (κ2) is 8.32. The summed E-state index contributed by atoms with van der Waals surface area (Å²) in [6.07, 6.45) is 0. The molecule has 3 aromatic heterocycles. The highest BCUT2D eigenvalue weighted by Gasteiger charge is 2.16. The number of esters is 1. The van der Waals surface area contributed by atoms with Gasteiger partial charge in [0.15, 0.2) is 6.61 Å². The van der Waals surface area contributed by atoms with Crippen molar-refractivity contribution in [2.45, 2.75) is 20.1 Å². The van der Waals surface area contributed by atoms with Crippen molar-refractivity contribution < 1.29 is 18.8 Å². The van der Waals surface area contributed by atoms with Gasteiger partial charge in [0, 0.05) is 5.38 Å². The van der Waals surface area contributed by atoms with Gasteiger partial charge in [0.1, 0.15) is 17.9 Å². The number of rotatable bonds is 7. The van der Waals surface area contributed by atoms with Crippen LogP contribution in [0.4, 0.5) is 0 Å². The lowest BCUT2D eigenvalue weighted by molar-refractivity contribution is 0.0424. The first-order chi connectivity index (χ1) is 13.7. The molecule has 0 fully saturated rings. The van der Waals surface area contributed by atoms with E-state index in [9.17, 15) is 4.79 Å². The summed E-state index contributed by atoms with van der Waals surface area (Å²) in [5, 5.41) is 8.71. The van der Waals surface area contributed by atoms with Gasteiger partial charge in [-0.05, 0) is 30.5 Å². The Bertz CT molecular complexity index is 1070. The van der Waals surface area contributed by atoms with Gasteiger partial charge in [0.05, 0.1) is 15.6 Å². The Kier molecular flexibility index (Phi) is 5.45. The summed E-state index contributed by atoms with van der Waals surface area (Å²) in [5.74, 6) is 0.611. The number of hydrogen-bond acceptors (Lipinski definition) is 9. The van der Waals surface area contributed by atoms with Gasteiger partial charge in [-0.15, -0.1) is 22.7 Å². The lowest BCUT2D eigenvalue weighted by atomic mass is 10.2. The molecule has 4 aromatic rings. The Labute approximate surface area is 168 Å². The number of hydrogen-bond donors (Lipinski definition) is 0. The fourth-order valence-electron chi connectivity index (χ4n) is 2.41. The van der Waals surface area contributed by atoms with E-state index in [4.69, 9.17) is 14.0 Å². The molecule has 142 valence electrons. The Morgan fingerprint density at radius 2 is 2.00 bits per heavy atom. The van der Waals surface area contributed by atoms with Crippen molar-refractivity contribution in [1.82, 2.24) is 15.1 Å². The molecule has 0 radical (unpaired) electrons. The maximum Gasteiger partial charge on any atom is 0.342 e. The average molecular weight is 413 g/mol. The summed E-state index contributed by atoms with van der Waals surface area (Å²) in [4.78, 5) is 22.0. The topological polar surface area (TPSA) is 87.3 Å². The summed E-state index contributed by atoms with van der Waals surface area (Å²) in [6.45, 7) is 2.10. The van der Waals surface area contributed by atoms with E-state index >= 15 is 0 Å². The van der Waals surface area contributed by atoms with Crippen molar-refractivity contribution >= 4 is 28.6 Å². The molecule has 0 amide bonds. The zero-order valence-electron chi connectivity index (χ0n) is 14.8. The minimum atomic E-state index is -0.527. The van der Waals surface area contributed by atoms with Crippen molar-refractivity contribution in [2.75, 3.05) is 0 Å². The van der Waals surface area contributed by atoms with Gasteiger partial charge in [0.2, 0.25) is 5.82 Å². The first-order valence-corrected chi connectivity index (χ1v) is 10.1. The maximum atomic E-state index is 12.5. The van der Waals surface area contributed by atoms with Crippen molar-refractivity contribution in [2.24, 2.45) is 0 Å². The second-order valence-corrected chi connectivity index (χ2v) is 7.72. The highest BCUT2D eigenvalue weighted by atomic mass is 32.1. The minimum absolute atomic E-state index is 0.114. The van der Waals surface area contributed by atoms with Crippen molar-refractivity contribution in [1.29, 1.82) is 0 Å². The molecular weight excluding hydrogens is 398 g/mol. The zero-order valence-corrected chi connectivity index (χ0v) is 16.5. The number of para-hydroxylation sites is 1. The number of carbonyl (C=O) groups is 1. The summed E-state index contributed by atoms with van der Waals surface area (Å²) >= 11 is 3.06. The van der Waals surface area contributed by atoms with E-state index in [1.807, 2.05) is 29.8 Å². The predicted octanol–water partition coefficient (Wildman–Crippen LogP) is 4.50. The van der Waals surface area contributed by atoms with Crippen LogP contribution in [0.5, 0.6) is 5.75 Å². The Morgan fingerprint density at radius 3 is 2.79 bits per heavy atom. The Hall–Kier alpha value is -3.04. The van der Waals surface area contributed by atoms with Crippen LogP contribution >= 0.6 is 22.7 Å². The van der Waals surface area contributed by atoms with E-state index < -0.39 is 5.97 Å². The van der Waals surface area contributed by atoms with Crippen molar-refractivity contribution in [3.8, 4) is 16.5 Å². The fraction of sp³-hybridized carbons (Fsp3) is 0.158. The van der Waals surface area contributed by atoms with Gasteiger partial charge in [-0.3, -0.25) is 0 Å². The minimum Gasteiger partial charge on any atom is -0.486 e. The fourth-order valence-corrected chi connectivity index (χ4v) is 3.66. The lowest BCUT2D eigenvalue weighted by Crippen LogP contribution is -2.08. The molecule has 0 unspecified atom stereocenters. The molecule has 3 heterocycles. The van der Waals surface area contributed by atoms with E-state index in [1.54, 1.807) is 35.6 Å². The number of benzene rings is 1. The lowest BCUT2D eigenvalue weighted by Gasteiger charge is -2.09. The molecule has 0 spiro atoms. The number of nitrogens with zero attached hydrogens (tertiary/aromatic N) is 3. The van der Waals surface area contributed by atoms with Crippen molar-refractivity contribution in [3.05, 3.63) is 69.3 Å². The molecule has 7 nitrogen and oxygen atoms in total. The summed E-state index contributed by atoms with van der Waals surface area (Å²) in [6, 6.07) is 10.7. The molecule has 0 saturated carbocycles. The van der Waals surface area contributed by atoms with Crippen LogP contribution < -0.4 is 4.74 Å². The van der Waals surface area contributed by atoms with Crippen LogP contribution in [0, 0.1) is 6.92 Å². The third-order valence-electron chi connectivity index (χ3n) is 3.69. The van der Waals surface area contributed by atoms with Crippen LogP contribution in [-0.2, 0) is 18.0 Å². The molecule has 0 aliphatic carbocycles. The standard InChI is InChI=1S/C19H15N3O4S2/c1-12-20-13(11-28-12)9-24-15-6-3-2-5-14(15)19(23)25-10-17-21-18(22-26-17)16-7-4-8-27-16/h2-8,11H,9-10H2,1H3. The molecule has 0 bridgehead atoms. The third kappa shape index (κ3) is 4.26. The molecule has 28 heavy (non-hydrogen) atoms. The van der Waals surface area contributed by atoms with E-state index in [2.05, 4.69) is 15.1 Å². The molecule has 0 N–H and O–H groups in total. The molecule has 9 heteroatoms. The van der Waals surface area contributed by atoms with E-state index in [0.717, 1.165) is 15.6 Å². The Balaban J connectivity index is 1.39. The number of aryl methyl sites for hydroxylation is 1. The third-order valence-corrected chi connectivity index (χ3v) is 5.37. The normalized spacial score (nSPS) is 10.8. The number of carbonyl (C=O) groups excluding carboxylic acids is 1. The molecule has 0 aliphatic rings. The number of thiazole rings is 1. The highest BCUT2D eigenvalue weighted by molar-refractivity contribution is 7.13. The molecule has 1 aromatic carbocycles. The van der Waals surface area contributed by atoms with E-state index in [0.29, 0.717) is 17.1 Å². The Morgan fingerprint density at radius 1 is 1.11 bits per heavy atom. The molecule has 0 saturated heterocycles. The van der Waals surface area contributed by atoms with E-state index in [1.165, 1.54) is 11.3 Å². The number of ether oxygens (including phenoxy) is 2. The number of thiophene rings is 1. The van der Waals surface area contributed by atoms with Crippen LogP contribution in [0.3, 0.4) is 0 Å². The van der Waals surface area contributed by atoms with Crippen LogP contribution in [-0.4, -0.2) is 21.1 Å². The monoisotopic (exact) mass is 413 g/mol.